The molecule has 0 radical (unpaired) electrons. The van der Waals surface area contributed by atoms with Crippen molar-refractivity contribution in [3.8, 4) is 11.1 Å². The van der Waals surface area contributed by atoms with Crippen molar-refractivity contribution in [3.05, 3.63) is 48.5 Å². The van der Waals surface area contributed by atoms with Crippen LogP contribution < -0.4 is 5.73 Å². The van der Waals surface area contributed by atoms with Crippen LogP contribution in [0.1, 0.15) is 5.69 Å². The average Bonchev–Trinajstić information content (AvgIpc) is 3.00. The van der Waals surface area contributed by atoms with Gasteiger partial charge in [0.15, 0.2) is 0 Å². The van der Waals surface area contributed by atoms with E-state index < -0.39 is 0 Å². The number of benzene rings is 1. The highest BCUT2D eigenvalue weighted by atomic mass is 15.4. The maximum absolute atomic E-state index is 5.96. The summed E-state index contributed by atoms with van der Waals surface area (Å²) in [4.78, 5) is 0. The van der Waals surface area contributed by atoms with E-state index in [1.54, 1.807) is 4.68 Å². The fraction of sp³-hybridized carbons (Fsp3) is 0.154. The Balaban J connectivity index is 1.86. The van der Waals surface area contributed by atoms with E-state index in [1.165, 1.54) is 0 Å². The number of hydrogen-bond acceptors (Lipinski definition) is 4. The van der Waals surface area contributed by atoms with Crippen molar-refractivity contribution >= 4 is 5.69 Å². The van der Waals surface area contributed by atoms with Gasteiger partial charge in [0.25, 0.3) is 0 Å². The maximum atomic E-state index is 5.96. The summed E-state index contributed by atoms with van der Waals surface area (Å²) in [5.41, 5.74) is 9.58. The topological polar surface area (TPSA) is 74.5 Å². The Morgan fingerprint density at radius 3 is 2.79 bits per heavy atom. The smallest absolute Gasteiger partial charge is 0.104 e. The lowest BCUT2D eigenvalue weighted by atomic mass is 10.1. The molecule has 0 saturated carbocycles. The minimum Gasteiger partial charge on any atom is -0.398 e. The van der Waals surface area contributed by atoms with E-state index in [1.807, 2.05) is 54.6 Å². The summed E-state index contributed by atoms with van der Waals surface area (Å²) < 4.78 is 3.50. The van der Waals surface area contributed by atoms with Gasteiger partial charge in [-0.15, -0.1) is 5.10 Å². The molecule has 0 atom stereocenters. The highest BCUT2D eigenvalue weighted by Gasteiger charge is 2.06. The van der Waals surface area contributed by atoms with Gasteiger partial charge < -0.3 is 5.73 Å². The van der Waals surface area contributed by atoms with Crippen molar-refractivity contribution in [2.75, 3.05) is 5.73 Å². The molecular weight excluding hydrogens is 240 g/mol. The molecule has 6 nitrogen and oxygen atoms in total. The van der Waals surface area contributed by atoms with Crippen LogP contribution in [0.15, 0.2) is 42.9 Å². The monoisotopic (exact) mass is 254 g/mol. The van der Waals surface area contributed by atoms with Crippen LogP contribution in [0.4, 0.5) is 5.69 Å². The Hall–Kier alpha value is -2.63. The number of nitrogens with two attached hydrogens (primary N) is 1. The fourth-order valence-corrected chi connectivity index (χ4v) is 1.98. The molecule has 0 spiro atoms. The number of nitrogens with zero attached hydrogens (tertiary/aromatic N) is 5. The normalized spacial score (nSPS) is 10.8. The Kier molecular flexibility index (Phi) is 2.75. The second-order valence-corrected chi connectivity index (χ2v) is 4.40. The third kappa shape index (κ3) is 2.33. The van der Waals surface area contributed by atoms with Crippen LogP contribution >= 0.6 is 0 Å². The summed E-state index contributed by atoms with van der Waals surface area (Å²) >= 11 is 0. The minimum atomic E-state index is 0.598. The highest BCUT2D eigenvalue weighted by molar-refractivity contribution is 5.75. The molecule has 0 saturated heterocycles. The Bertz CT molecular complexity index is 696. The zero-order valence-corrected chi connectivity index (χ0v) is 10.6. The van der Waals surface area contributed by atoms with Gasteiger partial charge in [0.2, 0.25) is 0 Å². The van der Waals surface area contributed by atoms with Gasteiger partial charge in [0.1, 0.15) is 5.69 Å². The number of hydrogen-bond donors (Lipinski definition) is 1. The minimum absolute atomic E-state index is 0.598. The van der Waals surface area contributed by atoms with E-state index in [-0.39, 0.29) is 0 Å². The first-order valence-corrected chi connectivity index (χ1v) is 5.95. The van der Waals surface area contributed by atoms with Gasteiger partial charge in [-0.25, -0.2) is 0 Å². The molecular formula is C13H14N6. The third-order valence-corrected chi connectivity index (χ3v) is 2.88. The lowest BCUT2D eigenvalue weighted by molar-refractivity contribution is 0.667. The summed E-state index contributed by atoms with van der Waals surface area (Å²) in [5.74, 6) is 0. The zero-order valence-electron chi connectivity index (χ0n) is 10.6. The molecule has 2 aromatic heterocycles. The lowest BCUT2D eigenvalue weighted by Crippen LogP contribution is -2.00. The standard InChI is InChI=1S/C13H14N6/c1-18-8-11(16-17-18)9-19-7-10(6-15-19)12-4-2-3-5-13(12)14/h2-8H,9,14H2,1H3. The Morgan fingerprint density at radius 1 is 1.21 bits per heavy atom. The zero-order chi connectivity index (χ0) is 13.2. The van der Waals surface area contributed by atoms with E-state index in [2.05, 4.69) is 15.4 Å². The summed E-state index contributed by atoms with van der Waals surface area (Å²) in [6.45, 7) is 0.598. The van der Waals surface area contributed by atoms with Crippen molar-refractivity contribution in [1.82, 2.24) is 24.8 Å². The van der Waals surface area contributed by atoms with Crippen LogP contribution in [-0.2, 0) is 13.6 Å². The number of rotatable bonds is 3. The third-order valence-electron chi connectivity index (χ3n) is 2.88. The molecule has 6 heteroatoms. The molecule has 0 bridgehead atoms. The number of anilines is 1. The highest BCUT2D eigenvalue weighted by Crippen LogP contribution is 2.24. The molecule has 0 fully saturated rings. The maximum Gasteiger partial charge on any atom is 0.104 e. The van der Waals surface area contributed by atoms with Gasteiger partial charge in [0, 0.05) is 36.3 Å². The Labute approximate surface area is 110 Å². The van der Waals surface area contributed by atoms with Gasteiger partial charge >= 0.3 is 0 Å². The van der Waals surface area contributed by atoms with Gasteiger partial charge in [-0.2, -0.15) is 5.10 Å². The summed E-state index contributed by atoms with van der Waals surface area (Å²) in [6.07, 6.45) is 5.64. The number of nitrogen functional groups attached to an aromatic ring is 1. The molecule has 0 aliphatic rings. The van der Waals surface area contributed by atoms with Gasteiger partial charge in [0.05, 0.1) is 12.7 Å². The molecule has 0 amide bonds. The largest absolute Gasteiger partial charge is 0.398 e. The number of aryl methyl sites for hydroxylation is 1. The van der Waals surface area contributed by atoms with Crippen molar-refractivity contribution in [3.63, 3.8) is 0 Å². The second kappa shape index (κ2) is 4.56. The molecule has 2 heterocycles. The summed E-state index contributed by atoms with van der Waals surface area (Å²) in [5, 5.41) is 12.3. The average molecular weight is 254 g/mol. The van der Waals surface area contributed by atoms with E-state index in [0.29, 0.717) is 6.54 Å². The first-order valence-electron chi connectivity index (χ1n) is 5.95. The van der Waals surface area contributed by atoms with E-state index in [4.69, 9.17) is 5.73 Å². The number of para-hydroxylation sites is 1. The molecule has 1 aromatic carbocycles. The number of aromatic nitrogens is 5. The molecule has 19 heavy (non-hydrogen) atoms. The second-order valence-electron chi connectivity index (χ2n) is 4.40. The molecule has 2 N–H and O–H groups in total. The lowest BCUT2D eigenvalue weighted by Gasteiger charge is -2.01. The molecule has 0 aliphatic heterocycles. The van der Waals surface area contributed by atoms with Crippen molar-refractivity contribution in [2.45, 2.75) is 6.54 Å². The van der Waals surface area contributed by atoms with Gasteiger partial charge in [-0.1, -0.05) is 23.4 Å². The predicted molar refractivity (Wildman–Crippen MR) is 72.2 cm³/mol. The predicted octanol–water partition coefficient (Wildman–Crippen LogP) is 1.31. The van der Waals surface area contributed by atoms with E-state index >= 15 is 0 Å². The van der Waals surface area contributed by atoms with Gasteiger partial charge in [-0.05, 0) is 6.07 Å². The van der Waals surface area contributed by atoms with Crippen LogP contribution in [-0.4, -0.2) is 24.8 Å². The van der Waals surface area contributed by atoms with E-state index in [0.717, 1.165) is 22.5 Å². The van der Waals surface area contributed by atoms with Gasteiger partial charge in [-0.3, -0.25) is 9.36 Å². The summed E-state index contributed by atoms with van der Waals surface area (Å²) in [7, 11) is 1.84. The van der Waals surface area contributed by atoms with Crippen molar-refractivity contribution in [1.29, 1.82) is 0 Å². The van der Waals surface area contributed by atoms with Crippen LogP contribution in [0, 0.1) is 0 Å². The fourth-order valence-electron chi connectivity index (χ4n) is 1.98. The molecule has 96 valence electrons. The first-order chi connectivity index (χ1) is 9.22. The summed E-state index contributed by atoms with van der Waals surface area (Å²) in [6, 6.07) is 7.75. The van der Waals surface area contributed by atoms with Crippen molar-refractivity contribution < 1.29 is 0 Å². The van der Waals surface area contributed by atoms with Crippen LogP contribution in [0.3, 0.4) is 0 Å². The van der Waals surface area contributed by atoms with Crippen LogP contribution in [0.25, 0.3) is 11.1 Å². The van der Waals surface area contributed by atoms with Crippen LogP contribution in [0.2, 0.25) is 0 Å². The first kappa shape index (κ1) is 11.5. The van der Waals surface area contributed by atoms with Crippen LogP contribution in [0.5, 0.6) is 0 Å². The molecule has 3 rings (SSSR count). The quantitative estimate of drug-likeness (QED) is 0.715. The Morgan fingerprint density at radius 2 is 2.05 bits per heavy atom. The molecule has 0 aliphatic carbocycles. The molecule has 3 aromatic rings. The van der Waals surface area contributed by atoms with Crippen molar-refractivity contribution in [2.24, 2.45) is 7.05 Å². The molecule has 0 unspecified atom stereocenters. The van der Waals surface area contributed by atoms with E-state index in [9.17, 15) is 0 Å². The SMILES string of the molecule is Cn1cc(Cn2cc(-c3ccccc3N)cn2)nn1.